The number of hydrogen-bond acceptors (Lipinski definition) is 3. The van der Waals surface area contributed by atoms with E-state index in [2.05, 4.69) is 15.3 Å². The van der Waals surface area contributed by atoms with Crippen LogP contribution in [0.2, 0.25) is 0 Å². The van der Waals surface area contributed by atoms with Gasteiger partial charge in [0.05, 0.1) is 17.9 Å². The average molecular weight is 267 g/mol. The molecule has 2 heterocycles. The van der Waals surface area contributed by atoms with Gasteiger partial charge in [-0.2, -0.15) is 0 Å². The molecule has 3 aromatic rings. The zero-order valence-electron chi connectivity index (χ0n) is 11.0. The van der Waals surface area contributed by atoms with Crippen LogP contribution in [0.3, 0.4) is 0 Å². The van der Waals surface area contributed by atoms with Crippen LogP contribution in [-0.2, 0) is 0 Å². The van der Waals surface area contributed by atoms with Crippen LogP contribution >= 0.6 is 0 Å². The Labute approximate surface area is 116 Å². The van der Waals surface area contributed by atoms with E-state index in [9.17, 15) is 4.39 Å². The molecule has 1 unspecified atom stereocenters. The fourth-order valence-corrected chi connectivity index (χ4v) is 2.20. The maximum absolute atomic E-state index is 12.9. The molecule has 1 aromatic carbocycles. The quantitative estimate of drug-likeness (QED) is 0.781. The summed E-state index contributed by atoms with van der Waals surface area (Å²) in [6.45, 7) is 2.00. The molecule has 100 valence electrons. The van der Waals surface area contributed by atoms with Crippen molar-refractivity contribution in [2.24, 2.45) is 0 Å². The third-order valence-corrected chi connectivity index (χ3v) is 3.25. The van der Waals surface area contributed by atoms with Crippen LogP contribution in [0.25, 0.3) is 10.8 Å². The highest BCUT2D eigenvalue weighted by Crippen LogP contribution is 2.25. The lowest BCUT2D eigenvalue weighted by Crippen LogP contribution is -2.08. The Balaban J connectivity index is 1.91. The van der Waals surface area contributed by atoms with Gasteiger partial charge in [-0.3, -0.25) is 9.97 Å². The summed E-state index contributed by atoms with van der Waals surface area (Å²) in [7, 11) is 0. The van der Waals surface area contributed by atoms with Gasteiger partial charge in [0.2, 0.25) is 0 Å². The fourth-order valence-electron chi connectivity index (χ4n) is 2.20. The monoisotopic (exact) mass is 267 g/mol. The minimum Gasteiger partial charge on any atom is -0.376 e. The van der Waals surface area contributed by atoms with E-state index in [1.807, 2.05) is 37.4 Å². The third-order valence-electron chi connectivity index (χ3n) is 3.25. The molecule has 0 saturated carbocycles. The molecule has 0 spiro atoms. The van der Waals surface area contributed by atoms with Crippen LogP contribution in [0.4, 0.5) is 10.1 Å². The Kier molecular flexibility index (Phi) is 3.29. The van der Waals surface area contributed by atoms with Gasteiger partial charge in [0.25, 0.3) is 0 Å². The molecular weight excluding hydrogens is 253 g/mol. The van der Waals surface area contributed by atoms with Crippen molar-refractivity contribution in [1.82, 2.24) is 9.97 Å². The zero-order chi connectivity index (χ0) is 13.9. The maximum atomic E-state index is 12.9. The predicted molar refractivity (Wildman–Crippen MR) is 78.0 cm³/mol. The Hall–Kier alpha value is -2.49. The van der Waals surface area contributed by atoms with E-state index in [0.29, 0.717) is 0 Å². The number of fused-ring (bicyclic) bond motifs is 1. The Morgan fingerprint density at radius 1 is 1.10 bits per heavy atom. The molecule has 0 radical (unpaired) electrons. The summed E-state index contributed by atoms with van der Waals surface area (Å²) in [5.41, 5.74) is 1.82. The van der Waals surface area contributed by atoms with Crippen molar-refractivity contribution in [2.75, 3.05) is 5.32 Å². The van der Waals surface area contributed by atoms with Crippen LogP contribution < -0.4 is 5.32 Å². The number of halogens is 1. The smallest absolute Gasteiger partial charge is 0.141 e. The number of rotatable bonds is 3. The van der Waals surface area contributed by atoms with Gasteiger partial charge in [0.15, 0.2) is 0 Å². The molecule has 1 N–H and O–H groups in total. The summed E-state index contributed by atoms with van der Waals surface area (Å²) in [6, 6.07) is 11.1. The molecular formula is C16H14FN3. The van der Waals surface area contributed by atoms with E-state index >= 15 is 0 Å². The summed E-state index contributed by atoms with van der Waals surface area (Å²) < 4.78 is 12.9. The highest BCUT2D eigenvalue weighted by Gasteiger charge is 2.08. The van der Waals surface area contributed by atoms with Gasteiger partial charge in [-0.1, -0.05) is 12.1 Å². The normalized spacial score (nSPS) is 12.3. The van der Waals surface area contributed by atoms with Crippen molar-refractivity contribution >= 4 is 16.5 Å². The molecule has 0 amide bonds. The topological polar surface area (TPSA) is 37.8 Å². The van der Waals surface area contributed by atoms with E-state index in [0.717, 1.165) is 22.2 Å². The first kappa shape index (κ1) is 12.5. The van der Waals surface area contributed by atoms with E-state index in [1.165, 1.54) is 12.3 Å². The van der Waals surface area contributed by atoms with Crippen LogP contribution in [0, 0.1) is 5.82 Å². The van der Waals surface area contributed by atoms with Gasteiger partial charge in [-0.05, 0) is 31.2 Å². The van der Waals surface area contributed by atoms with Gasteiger partial charge in [-0.25, -0.2) is 4.39 Å². The standard InChI is InChI=1S/C16H14FN3/c1-11(15-6-5-13(17)10-19-15)20-16-4-2-3-12-9-18-8-7-14(12)16/h2-11,20H,1H3. The minimum absolute atomic E-state index is 0.00522. The van der Waals surface area contributed by atoms with Crippen molar-refractivity contribution in [2.45, 2.75) is 13.0 Å². The van der Waals surface area contributed by atoms with Crippen molar-refractivity contribution in [3.63, 3.8) is 0 Å². The Morgan fingerprint density at radius 3 is 2.80 bits per heavy atom. The molecule has 3 rings (SSSR count). The molecule has 0 saturated heterocycles. The van der Waals surface area contributed by atoms with Crippen LogP contribution in [0.15, 0.2) is 55.0 Å². The number of nitrogens with one attached hydrogen (secondary N) is 1. The van der Waals surface area contributed by atoms with Gasteiger partial charge >= 0.3 is 0 Å². The molecule has 0 aliphatic heterocycles. The number of nitrogens with zero attached hydrogens (tertiary/aromatic N) is 2. The highest BCUT2D eigenvalue weighted by molar-refractivity contribution is 5.93. The number of hydrogen-bond donors (Lipinski definition) is 1. The molecule has 0 bridgehead atoms. The summed E-state index contributed by atoms with van der Waals surface area (Å²) in [4.78, 5) is 8.22. The first-order chi connectivity index (χ1) is 9.74. The van der Waals surface area contributed by atoms with Crippen molar-refractivity contribution in [3.8, 4) is 0 Å². The molecule has 0 aliphatic rings. The van der Waals surface area contributed by atoms with Crippen LogP contribution in [0.1, 0.15) is 18.7 Å². The number of benzene rings is 1. The second kappa shape index (κ2) is 5.25. The fraction of sp³-hybridized carbons (Fsp3) is 0.125. The summed E-state index contributed by atoms with van der Waals surface area (Å²) in [6.07, 6.45) is 4.84. The molecule has 3 nitrogen and oxygen atoms in total. The highest BCUT2D eigenvalue weighted by atomic mass is 19.1. The van der Waals surface area contributed by atoms with Crippen molar-refractivity contribution < 1.29 is 4.39 Å². The van der Waals surface area contributed by atoms with Crippen molar-refractivity contribution in [3.05, 3.63) is 66.5 Å². The minimum atomic E-state index is -0.322. The number of pyridine rings is 2. The van der Waals surface area contributed by atoms with E-state index in [-0.39, 0.29) is 11.9 Å². The average Bonchev–Trinajstić information content (AvgIpc) is 2.48. The molecule has 4 heteroatoms. The van der Waals surface area contributed by atoms with Gasteiger partial charge in [-0.15, -0.1) is 0 Å². The Bertz CT molecular complexity index is 720. The summed E-state index contributed by atoms with van der Waals surface area (Å²) in [5, 5.41) is 5.60. The van der Waals surface area contributed by atoms with Crippen LogP contribution in [-0.4, -0.2) is 9.97 Å². The first-order valence-corrected chi connectivity index (χ1v) is 6.45. The van der Waals surface area contributed by atoms with E-state index < -0.39 is 0 Å². The zero-order valence-corrected chi connectivity index (χ0v) is 11.0. The molecule has 1 atom stereocenters. The van der Waals surface area contributed by atoms with E-state index in [1.54, 1.807) is 12.3 Å². The lowest BCUT2D eigenvalue weighted by molar-refractivity contribution is 0.617. The predicted octanol–water partition coefficient (Wildman–Crippen LogP) is 3.94. The molecule has 0 fully saturated rings. The van der Waals surface area contributed by atoms with Gasteiger partial charge < -0.3 is 5.32 Å². The largest absolute Gasteiger partial charge is 0.376 e. The van der Waals surface area contributed by atoms with Gasteiger partial charge in [0, 0.05) is 28.9 Å². The third kappa shape index (κ3) is 2.45. The molecule has 2 aromatic heterocycles. The first-order valence-electron chi connectivity index (χ1n) is 6.45. The lowest BCUT2D eigenvalue weighted by atomic mass is 10.1. The maximum Gasteiger partial charge on any atom is 0.141 e. The second-order valence-electron chi connectivity index (χ2n) is 4.67. The molecule has 0 aliphatic carbocycles. The SMILES string of the molecule is CC(Nc1cccc2cnccc12)c1ccc(F)cn1. The van der Waals surface area contributed by atoms with Crippen molar-refractivity contribution in [1.29, 1.82) is 0 Å². The lowest BCUT2D eigenvalue weighted by Gasteiger charge is -2.16. The van der Waals surface area contributed by atoms with Crippen LogP contribution in [0.5, 0.6) is 0 Å². The number of aromatic nitrogens is 2. The summed E-state index contributed by atoms with van der Waals surface area (Å²) in [5.74, 6) is -0.322. The Morgan fingerprint density at radius 2 is 2.00 bits per heavy atom. The number of anilines is 1. The molecule has 20 heavy (non-hydrogen) atoms. The van der Waals surface area contributed by atoms with Gasteiger partial charge in [0.1, 0.15) is 5.82 Å². The summed E-state index contributed by atoms with van der Waals surface area (Å²) >= 11 is 0. The van der Waals surface area contributed by atoms with E-state index in [4.69, 9.17) is 0 Å². The second-order valence-corrected chi connectivity index (χ2v) is 4.67.